The van der Waals surface area contributed by atoms with E-state index in [2.05, 4.69) is 21.2 Å². The minimum Gasteiger partial charge on any atom is -0.505 e. The highest BCUT2D eigenvalue weighted by atomic mass is 79.9. The van der Waals surface area contributed by atoms with E-state index >= 15 is 0 Å². The second kappa shape index (κ2) is 4.63. The van der Waals surface area contributed by atoms with Gasteiger partial charge < -0.3 is 16.2 Å². The maximum atomic E-state index is 11.3. The van der Waals surface area contributed by atoms with Crippen LogP contribution in [0.5, 0.6) is 5.75 Å². The number of benzene rings is 1. The fraction of sp³-hybridized carbons (Fsp3) is 0.300. The molecule has 4 N–H and O–H groups in total. The number of halogens is 1. The van der Waals surface area contributed by atoms with Crippen LogP contribution in [0.1, 0.15) is 12.5 Å². The topological polar surface area (TPSA) is 75.3 Å². The van der Waals surface area contributed by atoms with E-state index in [1.165, 1.54) is 0 Å². The van der Waals surface area contributed by atoms with E-state index in [1.54, 1.807) is 19.1 Å². The largest absolute Gasteiger partial charge is 0.505 e. The first-order chi connectivity index (χ1) is 6.91. The van der Waals surface area contributed by atoms with Crippen LogP contribution in [0, 0.1) is 6.92 Å². The molecule has 0 fully saturated rings. The molecule has 5 heteroatoms. The molecule has 0 saturated heterocycles. The summed E-state index contributed by atoms with van der Waals surface area (Å²) in [5, 5.41) is 12.2. The molecule has 0 saturated carbocycles. The lowest BCUT2D eigenvalue weighted by molar-refractivity contribution is -0.117. The molecule has 0 aliphatic rings. The van der Waals surface area contributed by atoms with Gasteiger partial charge in [-0.05, 0) is 47.5 Å². The third kappa shape index (κ3) is 2.94. The van der Waals surface area contributed by atoms with Gasteiger partial charge in [-0.1, -0.05) is 0 Å². The van der Waals surface area contributed by atoms with E-state index in [-0.39, 0.29) is 11.7 Å². The van der Waals surface area contributed by atoms with Gasteiger partial charge in [0.1, 0.15) is 0 Å². The number of carbonyl (C=O) groups is 1. The molecule has 0 radical (unpaired) electrons. The summed E-state index contributed by atoms with van der Waals surface area (Å²) in [5.74, 6) is -0.322. The molecule has 82 valence electrons. The van der Waals surface area contributed by atoms with Crippen LogP contribution in [0.15, 0.2) is 16.6 Å². The van der Waals surface area contributed by atoms with Crippen molar-refractivity contribution in [1.29, 1.82) is 0 Å². The Labute approximate surface area is 96.6 Å². The van der Waals surface area contributed by atoms with E-state index in [1.807, 2.05) is 6.92 Å². The van der Waals surface area contributed by atoms with Gasteiger partial charge in [0.05, 0.1) is 16.2 Å². The van der Waals surface area contributed by atoms with Crippen LogP contribution < -0.4 is 11.1 Å². The van der Waals surface area contributed by atoms with Crippen LogP contribution in [0.4, 0.5) is 5.69 Å². The number of aryl methyl sites for hydroxylation is 1. The molecule has 1 rings (SSSR count). The number of amides is 1. The van der Waals surface area contributed by atoms with Gasteiger partial charge in [-0.2, -0.15) is 0 Å². The van der Waals surface area contributed by atoms with E-state index in [0.29, 0.717) is 10.2 Å². The van der Waals surface area contributed by atoms with E-state index in [4.69, 9.17) is 5.73 Å². The molecule has 0 unspecified atom stereocenters. The maximum absolute atomic E-state index is 11.3. The molecular formula is C10H13BrN2O2. The van der Waals surface area contributed by atoms with Crippen molar-refractivity contribution in [3.63, 3.8) is 0 Å². The Kier molecular flexibility index (Phi) is 3.71. The number of carbonyl (C=O) groups excluding carboxylic acids is 1. The number of nitrogens with two attached hydrogens (primary N) is 1. The van der Waals surface area contributed by atoms with Gasteiger partial charge in [0.15, 0.2) is 5.75 Å². The normalized spacial score (nSPS) is 12.3. The van der Waals surface area contributed by atoms with Crippen LogP contribution in [0.3, 0.4) is 0 Å². The van der Waals surface area contributed by atoms with E-state index in [0.717, 1.165) is 5.56 Å². The highest BCUT2D eigenvalue weighted by molar-refractivity contribution is 9.10. The van der Waals surface area contributed by atoms with Crippen molar-refractivity contribution in [3.05, 3.63) is 22.2 Å². The predicted molar refractivity (Wildman–Crippen MR) is 62.8 cm³/mol. The second-order valence-electron chi connectivity index (χ2n) is 3.42. The summed E-state index contributed by atoms with van der Waals surface area (Å²) in [5.41, 5.74) is 6.70. The molecule has 1 aromatic carbocycles. The van der Waals surface area contributed by atoms with Crippen LogP contribution >= 0.6 is 15.9 Å². The monoisotopic (exact) mass is 272 g/mol. The van der Waals surface area contributed by atoms with Crippen molar-refractivity contribution in [2.24, 2.45) is 5.73 Å². The van der Waals surface area contributed by atoms with Crippen LogP contribution in [0.25, 0.3) is 0 Å². The van der Waals surface area contributed by atoms with Crippen molar-refractivity contribution in [2.45, 2.75) is 19.9 Å². The summed E-state index contributed by atoms with van der Waals surface area (Å²) in [6, 6.07) is 2.83. The van der Waals surface area contributed by atoms with Gasteiger partial charge in [-0.15, -0.1) is 0 Å². The number of aromatic hydroxyl groups is 1. The Hall–Kier alpha value is -1.07. The lowest BCUT2D eigenvalue weighted by Crippen LogP contribution is -2.32. The quantitative estimate of drug-likeness (QED) is 0.718. The van der Waals surface area contributed by atoms with Gasteiger partial charge >= 0.3 is 0 Å². The minimum atomic E-state index is -0.608. The first kappa shape index (κ1) is 12.0. The fourth-order valence-electron chi connectivity index (χ4n) is 1.08. The first-order valence-corrected chi connectivity index (χ1v) is 5.26. The minimum absolute atomic E-state index is 0.00889. The molecule has 1 amide bonds. The number of rotatable bonds is 2. The van der Waals surface area contributed by atoms with Crippen LogP contribution in [0.2, 0.25) is 0 Å². The molecule has 0 aliphatic carbocycles. The predicted octanol–water partition coefficient (Wildman–Crippen LogP) is 1.75. The van der Waals surface area contributed by atoms with E-state index < -0.39 is 6.04 Å². The Morgan fingerprint density at radius 3 is 2.73 bits per heavy atom. The van der Waals surface area contributed by atoms with E-state index in [9.17, 15) is 9.90 Å². The molecule has 0 heterocycles. The number of anilines is 1. The lowest BCUT2D eigenvalue weighted by atomic mass is 10.2. The molecule has 0 bridgehead atoms. The first-order valence-electron chi connectivity index (χ1n) is 4.47. The fourth-order valence-corrected chi connectivity index (χ4v) is 1.65. The SMILES string of the molecule is Cc1cc(Br)c(O)c(NC(=O)[C@@H](C)N)c1. The zero-order valence-electron chi connectivity index (χ0n) is 8.54. The van der Waals surface area contributed by atoms with Crippen molar-refractivity contribution < 1.29 is 9.90 Å². The number of phenolic OH excluding ortho intramolecular Hbond substituents is 1. The van der Waals surface area contributed by atoms with Crippen molar-refractivity contribution >= 4 is 27.5 Å². The van der Waals surface area contributed by atoms with Gasteiger partial charge in [0.2, 0.25) is 5.91 Å². The van der Waals surface area contributed by atoms with Crippen LogP contribution in [-0.2, 0) is 4.79 Å². The molecular weight excluding hydrogens is 260 g/mol. The number of hydrogen-bond acceptors (Lipinski definition) is 3. The third-order valence-electron chi connectivity index (χ3n) is 1.88. The zero-order chi connectivity index (χ0) is 11.6. The number of phenols is 1. The molecule has 0 spiro atoms. The zero-order valence-corrected chi connectivity index (χ0v) is 10.1. The Bertz CT molecular complexity index is 391. The summed E-state index contributed by atoms with van der Waals surface area (Å²) in [6.07, 6.45) is 0. The molecule has 1 aromatic rings. The average molecular weight is 273 g/mol. The Morgan fingerprint density at radius 1 is 1.60 bits per heavy atom. The summed E-state index contributed by atoms with van der Waals surface area (Å²) < 4.78 is 0.544. The van der Waals surface area contributed by atoms with Gasteiger partial charge in [-0.3, -0.25) is 4.79 Å². The maximum Gasteiger partial charge on any atom is 0.241 e. The van der Waals surface area contributed by atoms with Gasteiger partial charge in [0.25, 0.3) is 0 Å². The average Bonchev–Trinajstić information content (AvgIpc) is 2.13. The third-order valence-corrected chi connectivity index (χ3v) is 2.48. The second-order valence-corrected chi connectivity index (χ2v) is 4.28. The lowest BCUT2D eigenvalue weighted by Gasteiger charge is -2.11. The van der Waals surface area contributed by atoms with Gasteiger partial charge in [0, 0.05) is 0 Å². The standard InChI is InChI=1S/C10H13BrN2O2/c1-5-3-7(11)9(14)8(4-5)13-10(15)6(2)12/h3-4,6,14H,12H2,1-2H3,(H,13,15)/t6-/m1/s1. The molecule has 0 aromatic heterocycles. The van der Waals surface area contributed by atoms with Crippen molar-refractivity contribution in [3.8, 4) is 5.75 Å². The summed E-state index contributed by atoms with van der Waals surface area (Å²) in [7, 11) is 0. The number of nitrogens with one attached hydrogen (secondary N) is 1. The molecule has 0 aliphatic heterocycles. The highest BCUT2D eigenvalue weighted by Crippen LogP contribution is 2.33. The molecule has 15 heavy (non-hydrogen) atoms. The summed E-state index contributed by atoms with van der Waals surface area (Å²) in [4.78, 5) is 11.3. The summed E-state index contributed by atoms with van der Waals surface area (Å²) >= 11 is 3.19. The molecule has 1 atom stereocenters. The highest BCUT2D eigenvalue weighted by Gasteiger charge is 2.12. The summed E-state index contributed by atoms with van der Waals surface area (Å²) in [6.45, 7) is 3.45. The van der Waals surface area contributed by atoms with Crippen molar-refractivity contribution in [2.75, 3.05) is 5.32 Å². The van der Waals surface area contributed by atoms with Crippen LogP contribution in [-0.4, -0.2) is 17.1 Å². The van der Waals surface area contributed by atoms with Gasteiger partial charge in [-0.25, -0.2) is 0 Å². The smallest absolute Gasteiger partial charge is 0.241 e. The Morgan fingerprint density at radius 2 is 2.20 bits per heavy atom. The molecule has 4 nitrogen and oxygen atoms in total. The number of hydrogen-bond donors (Lipinski definition) is 3. The van der Waals surface area contributed by atoms with Crippen molar-refractivity contribution in [1.82, 2.24) is 0 Å². The Balaban J connectivity index is 2.99.